The summed E-state index contributed by atoms with van der Waals surface area (Å²) in [5, 5.41) is 0. The molecular formula is C25H33N3O4. The van der Waals surface area contributed by atoms with E-state index in [1.165, 1.54) is 0 Å². The van der Waals surface area contributed by atoms with Crippen molar-refractivity contribution in [1.29, 1.82) is 0 Å². The molecule has 2 heterocycles. The number of aromatic nitrogens is 2. The fourth-order valence-corrected chi connectivity index (χ4v) is 4.62. The number of piperidine rings is 1. The molecule has 1 aromatic heterocycles. The van der Waals surface area contributed by atoms with Crippen molar-refractivity contribution in [2.24, 2.45) is 0 Å². The second-order valence-electron chi connectivity index (χ2n) is 8.75. The van der Waals surface area contributed by atoms with Gasteiger partial charge in [-0.1, -0.05) is 12.1 Å². The van der Waals surface area contributed by atoms with E-state index in [2.05, 4.69) is 9.88 Å². The van der Waals surface area contributed by atoms with Crippen LogP contribution in [0.5, 0.6) is 5.75 Å². The molecule has 0 spiro atoms. The van der Waals surface area contributed by atoms with Crippen LogP contribution in [0.1, 0.15) is 54.2 Å². The third-order valence-corrected chi connectivity index (χ3v) is 6.68. The van der Waals surface area contributed by atoms with Crippen LogP contribution in [0.4, 0.5) is 0 Å². The zero-order valence-corrected chi connectivity index (χ0v) is 19.3. The predicted molar refractivity (Wildman–Crippen MR) is 121 cm³/mol. The molecule has 1 aliphatic carbocycles. The van der Waals surface area contributed by atoms with E-state index in [4.69, 9.17) is 19.2 Å². The van der Waals surface area contributed by atoms with Crippen molar-refractivity contribution in [2.75, 3.05) is 40.5 Å². The Bertz CT molecular complexity index is 919. The monoisotopic (exact) mass is 439 g/mol. The Morgan fingerprint density at radius 2 is 1.84 bits per heavy atom. The van der Waals surface area contributed by atoms with E-state index in [1.807, 2.05) is 37.4 Å². The summed E-state index contributed by atoms with van der Waals surface area (Å²) in [4.78, 5) is 24.6. The molecule has 2 aliphatic rings. The SMILES string of the molecule is COCCOCc1cnc(C)nc1C1CCN(C(=O)C2(c3ccc(OC)cc3)CC2)CC1. The predicted octanol–water partition coefficient (Wildman–Crippen LogP) is 3.39. The number of likely N-dealkylation sites (tertiary alicyclic amines) is 1. The highest BCUT2D eigenvalue weighted by Crippen LogP contribution is 2.50. The Morgan fingerprint density at radius 1 is 1.12 bits per heavy atom. The molecular weight excluding hydrogens is 406 g/mol. The van der Waals surface area contributed by atoms with E-state index in [0.29, 0.717) is 25.7 Å². The smallest absolute Gasteiger partial charge is 0.233 e. The first kappa shape index (κ1) is 22.7. The van der Waals surface area contributed by atoms with E-state index in [9.17, 15) is 4.79 Å². The minimum atomic E-state index is -0.342. The van der Waals surface area contributed by atoms with Gasteiger partial charge in [0.15, 0.2) is 0 Å². The Hall–Kier alpha value is -2.51. The van der Waals surface area contributed by atoms with Crippen LogP contribution in [0.2, 0.25) is 0 Å². The average molecular weight is 440 g/mol. The number of nitrogens with zero attached hydrogens (tertiary/aromatic N) is 3. The molecule has 4 rings (SSSR count). The molecule has 1 saturated carbocycles. The summed E-state index contributed by atoms with van der Waals surface area (Å²) in [7, 11) is 3.33. The molecule has 0 radical (unpaired) electrons. The van der Waals surface area contributed by atoms with Gasteiger partial charge >= 0.3 is 0 Å². The summed E-state index contributed by atoms with van der Waals surface area (Å²) >= 11 is 0. The lowest BCUT2D eigenvalue weighted by molar-refractivity contribution is -0.135. The normalized spacial score (nSPS) is 17.9. The van der Waals surface area contributed by atoms with Gasteiger partial charge in [-0.2, -0.15) is 0 Å². The maximum Gasteiger partial charge on any atom is 0.233 e. The lowest BCUT2D eigenvalue weighted by atomic mass is 9.88. The highest BCUT2D eigenvalue weighted by molar-refractivity contribution is 5.91. The van der Waals surface area contributed by atoms with Gasteiger partial charge in [0.2, 0.25) is 5.91 Å². The lowest BCUT2D eigenvalue weighted by Gasteiger charge is -2.35. The Labute approximate surface area is 190 Å². The van der Waals surface area contributed by atoms with Gasteiger partial charge in [-0.25, -0.2) is 9.97 Å². The second kappa shape index (κ2) is 9.96. The van der Waals surface area contributed by atoms with Gasteiger partial charge in [-0.3, -0.25) is 4.79 Å². The number of aryl methyl sites for hydroxylation is 1. The molecule has 1 amide bonds. The third kappa shape index (κ3) is 4.79. The van der Waals surface area contributed by atoms with Crippen molar-refractivity contribution in [2.45, 2.75) is 50.5 Å². The first-order valence-corrected chi connectivity index (χ1v) is 11.4. The number of ether oxygens (including phenoxy) is 3. The summed E-state index contributed by atoms with van der Waals surface area (Å²) in [5.41, 5.74) is 2.87. The highest BCUT2D eigenvalue weighted by atomic mass is 16.5. The van der Waals surface area contributed by atoms with Crippen molar-refractivity contribution in [3.05, 3.63) is 53.1 Å². The molecule has 7 heteroatoms. The van der Waals surface area contributed by atoms with Gasteiger partial charge in [-0.05, 0) is 50.3 Å². The topological polar surface area (TPSA) is 73.8 Å². The van der Waals surface area contributed by atoms with E-state index in [-0.39, 0.29) is 11.3 Å². The van der Waals surface area contributed by atoms with E-state index in [1.54, 1.807) is 14.2 Å². The van der Waals surface area contributed by atoms with Crippen LogP contribution < -0.4 is 4.74 Å². The number of methoxy groups -OCH3 is 2. The zero-order valence-electron chi connectivity index (χ0n) is 19.3. The molecule has 7 nitrogen and oxygen atoms in total. The Morgan fingerprint density at radius 3 is 2.47 bits per heavy atom. The summed E-state index contributed by atoms with van der Waals surface area (Å²) in [6, 6.07) is 7.97. The van der Waals surface area contributed by atoms with Crippen molar-refractivity contribution < 1.29 is 19.0 Å². The lowest BCUT2D eigenvalue weighted by Crippen LogP contribution is -2.43. The van der Waals surface area contributed by atoms with Crippen LogP contribution in [-0.2, 0) is 26.3 Å². The van der Waals surface area contributed by atoms with Crippen molar-refractivity contribution >= 4 is 5.91 Å². The van der Waals surface area contributed by atoms with E-state index in [0.717, 1.165) is 67.2 Å². The molecule has 32 heavy (non-hydrogen) atoms. The van der Waals surface area contributed by atoms with Crippen LogP contribution >= 0.6 is 0 Å². The summed E-state index contributed by atoms with van der Waals surface area (Å²) < 4.78 is 16.1. The van der Waals surface area contributed by atoms with E-state index >= 15 is 0 Å². The fourth-order valence-electron chi connectivity index (χ4n) is 4.62. The highest BCUT2D eigenvalue weighted by Gasteiger charge is 2.53. The van der Waals surface area contributed by atoms with Gasteiger partial charge in [-0.15, -0.1) is 0 Å². The summed E-state index contributed by atoms with van der Waals surface area (Å²) in [6.45, 7) is 5.04. The number of hydrogen-bond donors (Lipinski definition) is 0. The fraction of sp³-hybridized carbons (Fsp3) is 0.560. The molecule has 1 aromatic carbocycles. The molecule has 0 unspecified atom stereocenters. The molecule has 2 aromatic rings. The van der Waals surface area contributed by atoms with Gasteiger partial charge in [0, 0.05) is 37.9 Å². The maximum absolute atomic E-state index is 13.4. The minimum absolute atomic E-state index is 0.267. The maximum atomic E-state index is 13.4. The van der Waals surface area contributed by atoms with E-state index < -0.39 is 0 Å². The zero-order chi connectivity index (χ0) is 22.6. The number of hydrogen-bond acceptors (Lipinski definition) is 6. The van der Waals surface area contributed by atoms with Crippen LogP contribution in [0, 0.1) is 6.92 Å². The van der Waals surface area contributed by atoms with Crippen LogP contribution in [0.25, 0.3) is 0 Å². The van der Waals surface area contributed by atoms with Crippen molar-refractivity contribution in [3.8, 4) is 5.75 Å². The molecule has 1 aliphatic heterocycles. The van der Waals surface area contributed by atoms with Gasteiger partial charge in [0.05, 0.1) is 38.0 Å². The number of carbonyl (C=O) groups excluding carboxylic acids is 1. The van der Waals surface area contributed by atoms with Gasteiger partial charge in [0.25, 0.3) is 0 Å². The molecule has 1 saturated heterocycles. The van der Waals surface area contributed by atoms with Gasteiger partial charge in [0.1, 0.15) is 11.6 Å². The van der Waals surface area contributed by atoms with Crippen LogP contribution in [0.15, 0.2) is 30.5 Å². The van der Waals surface area contributed by atoms with Gasteiger partial charge < -0.3 is 19.1 Å². The summed E-state index contributed by atoms with van der Waals surface area (Å²) in [6.07, 6.45) is 5.54. The number of amides is 1. The Kier molecular flexibility index (Phi) is 7.06. The third-order valence-electron chi connectivity index (χ3n) is 6.68. The van der Waals surface area contributed by atoms with Crippen molar-refractivity contribution in [1.82, 2.24) is 14.9 Å². The summed E-state index contributed by atoms with van der Waals surface area (Å²) in [5.74, 6) is 2.18. The quantitative estimate of drug-likeness (QED) is 0.558. The number of benzene rings is 1. The standard InChI is InChI=1S/C25H33N3O4/c1-18-26-16-20(17-32-15-14-30-2)23(27-18)19-8-12-28(13-9-19)24(29)25(10-11-25)21-4-6-22(31-3)7-5-21/h4-7,16,19H,8-15,17H2,1-3H3. The average Bonchev–Trinajstić information content (AvgIpc) is 3.64. The van der Waals surface area contributed by atoms with Crippen LogP contribution in [0.3, 0.4) is 0 Å². The molecule has 172 valence electrons. The molecule has 0 bridgehead atoms. The Balaban J connectivity index is 1.40. The van der Waals surface area contributed by atoms with Crippen molar-refractivity contribution in [3.63, 3.8) is 0 Å². The second-order valence-corrected chi connectivity index (χ2v) is 8.75. The number of rotatable bonds is 9. The molecule has 0 atom stereocenters. The molecule has 2 fully saturated rings. The number of carbonyl (C=O) groups is 1. The first-order valence-electron chi connectivity index (χ1n) is 11.4. The molecule has 0 N–H and O–H groups in total. The first-order chi connectivity index (χ1) is 15.6. The minimum Gasteiger partial charge on any atom is -0.497 e. The largest absolute Gasteiger partial charge is 0.497 e. The van der Waals surface area contributed by atoms with Crippen LogP contribution in [-0.4, -0.2) is 61.3 Å².